The first-order valence-corrected chi connectivity index (χ1v) is 5.61. The van der Waals surface area contributed by atoms with Crippen molar-refractivity contribution < 1.29 is 9.90 Å². The molecular formula is C12H17ClN2O2. The lowest BCUT2D eigenvalue weighted by Gasteiger charge is -2.25. The Hall–Kier alpha value is -1.26. The molecule has 94 valence electrons. The minimum absolute atomic E-state index is 0.229. The van der Waals surface area contributed by atoms with E-state index in [1.165, 1.54) is 11.0 Å². The molecule has 0 spiro atoms. The molecule has 0 atom stereocenters. The van der Waals surface area contributed by atoms with Gasteiger partial charge in [-0.15, -0.1) is 0 Å². The van der Waals surface area contributed by atoms with E-state index in [1.54, 1.807) is 33.0 Å². The van der Waals surface area contributed by atoms with Crippen LogP contribution in [-0.2, 0) is 0 Å². The van der Waals surface area contributed by atoms with Gasteiger partial charge in [0.2, 0.25) is 0 Å². The monoisotopic (exact) mass is 256 g/mol. The summed E-state index contributed by atoms with van der Waals surface area (Å²) in [6, 6.07) is 4.74. The molecule has 0 aliphatic carbocycles. The minimum atomic E-state index is -0.940. The number of anilines is 1. The van der Waals surface area contributed by atoms with Crippen LogP contribution in [0.1, 0.15) is 24.2 Å². The summed E-state index contributed by atoms with van der Waals surface area (Å²) in [5.74, 6) is -0.239. The van der Waals surface area contributed by atoms with E-state index in [-0.39, 0.29) is 12.5 Å². The molecule has 0 aliphatic heterocycles. The summed E-state index contributed by atoms with van der Waals surface area (Å²) in [4.78, 5) is 13.5. The highest BCUT2D eigenvalue weighted by molar-refractivity contribution is 6.34. The lowest BCUT2D eigenvalue weighted by molar-refractivity contribution is 0.0368. The summed E-state index contributed by atoms with van der Waals surface area (Å²) in [6.45, 7) is 3.51. The SMILES string of the molecule is CN(CC(C)(C)O)C(=O)c1ccc(N)cc1Cl. The van der Waals surface area contributed by atoms with Crippen LogP contribution < -0.4 is 5.73 Å². The Labute approximate surface area is 106 Å². The second-order valence-electron chi connectivity index (χ2n) is 4.71. The maximum absolute atomic E-state index is 12.0. The first-order chi connectivity index (χ1) is 7.70. The maximum Gasteiger partial charge on any atom is 0.255 e. The molecule has 0 fully saturated rings. The lowest BCUT2D eigenvalue weighted by atomic mass is 10.1. The Morgan fingerprint density at radius 2 is 2.12 bits per heavy atom. The van der Waals surface area contributed by atoms with E-state index in [0.717, 1.165) is 0 Å². The molecule has 1 amide bonds. The third-order valence-electron chi connectivity index (χ3n) is 2.19. The van der Waals surface area contributed by atoms with Crippen LogP contribution >= 0.6 is 11.6 Å². The van der Waals surface area contributed by atoms with Gasteiger partial charge >= 0.3 is 0 Å². The molecule has 3 N–H and O–H groups in total. The van der Waals surface area contributed by atoms with Gasteiger partial charge in [0.05, 0.1) is 16.2 Å². The molecule has 1 rings (SSSR count). The number of rotatable bonds is 3. The highest BCUT2D eigenvalue weighted by Crippen LogP contribution is 2.21. The van der Waals surface area contributed by atoms with Crippen molar-refractivity contribution in [2.24, 2.45) is 0 Å². The third kappa shape index (κ3) is 3.91. The number of aliphatic hydroxyl groups is 1. The van der Waals surface area contributed by atoms with Gasteiger partial charge in [0.1, 0.15) is 0 Å². The van der Waals surface area contributed by atoms with Crippen molar-refractivity contribution in [2.45, 2.75) is 19.4 Å². The van der Waals surface area contributed by atoms with Crippen molar-refractivity contribution in [2.75, 3.05) is 19.3 Å². The van der Waals surface area contributed by atoms with Crippen molar-refractivity contribution in [1.82, 2.24) is 4.90 Å². The average Bonchev–Trinajstić information content (AvgIpc) is 2.14. The summed E-state index contributed by atoms with van der Waals surface area (Å²) in [7, 11) is 1.62. The summed E-state index contributed by atoms with van der Waals surface area (Å²) in [6.07, 6.45) is 0. The van der Waals surface area contributed by atoms with Crippen LogP contribution in [0.15, 0.2) is 18.2 Å². The number of likely N-dealkylation sites (N-methyl/N-ethyl adjacent to an activating group) is 1. The Morgan fingerprint density at radius 1 is 1.53 bits per heavy atom. The lowest BCUT2D eigenvalue weighted by Crippen LogP contribution is -2.39. The summed E-state index contributed by atoms with van der Waals surface area (Å²) in [5.41, 5.74) is 5.51. The Kier molecular flexibility index (Phi) is 4.01. The quantitative estimate of drug-likeness (QED) is 0.810. The Bertz CT molecular complexity index is 427. The number of hydrogen-bond acceptors (Lipinski definition) is 3. The smallest absolute Gasteiger partial charge is 0.255 e. The highest BCUT2D eigenvalue weighted by atomic mass is 35.5. The van der Waals surface area contributed by atoms with Crippen LogP contribution in [0.3, 0.4) is 0 Å². The normalized spacial score (nSPS) is 11.4. The van der Waals surface area contributed by atoms with Crippen molar-refractivity contribution in [1.29, 1.82) is 0 Å². The molecule has 17 heavy (non-hydrogen) atoms. The number of nitrogens with two attached hydrogens (primary N) is 1. The molecule has 0 radical (unpaired) electrons. The fourth-order valence-electron chi connectivity index (χ4n) is 1.56. The van der Waals surface area contributed by atoms with E-state index in [4.69, 9.17) is 17.3 Å². The van der Waals surface area contributed by atoms with Gasteiger partial charge < -0.3 is 15.7 Å². The van der Waals surface area contributed by atoms with Crippen LogP contribution in [0.25, 0.3) is 0 Å². The fourth-order valence-corrected chi connectivity index (χ4v) is 1.83. The van der Waals surface area contributed by atoms with Crippen LogP contribution in [0.4, 0.5) is 5.69 Å². The van der Waals surface area contributed by atoms with Gasteiger partial charge in [-0.05, 0) is 32.0 Å². The summed E-state index contributed by atoms with van der Waals surface area (Å²) >= 11 is 5.95. The zero-order valence-corrected chi connectivity index (χ0v) is 11.0. The Balaban J connectivity index is 2.89. The minimum Gasteiger partial charge on any atom is -0.399 e. The number of halogens is 1. The maximum atomic E-state index is 12.0. The van der Waals surface area contributed by atoms with E-state index in [1.807, 2.05) is 0 Å². The molecule has 1 aromatic carbocycles. The van der Waals surface area contributed by atoms with Gasteiger partial charge in [-0.2, -0.15) is 0 Å². The van der Waals surface area contributed by atoms with Crippen LogP contribution in [-0.4, -0.2) is 35.1 Å². The Morgan fingerprint density at radius 3 is 2.59 bits per heavy atom. The van der Waals surface area contributed by atoms with Gasteiger partial charge in [-0.3, -0.25) is 4.79 Å². The van der Waals surface area contributed by atoms with Crippen molar-refractivity contribution in [3.8, 4) is 0 Å². The van der Waals surface area contributed by atoms with E-state index in [2.05, 4.69) is 0 Å². The first kappa shape index (κ1) is 13.8. The predicted molar refractivity (Wildman–Crippen MR) is 69.1 cm³/mol. The molecular weight excluding hydrogens is 240 g/mol. The van der Waals surface area contributed by atoms with E-state index in [0.29, 0.717) is 16.3 Å². The molecule has 0 saturated heterocycles. The van der Waals surface area contributed by atoms with Crippen molar-refractivity contribution >= 4 is 23.2 Å². The number of amides is 1. The van der Waals surface area contributed by atoms with Crippen LogP contribution in [0.2, 0.25) is 5.02 Å². The first-order valence-electron chi connectivity index (χ1n) is 5.23. The van der Waals surface area contributed by atoms with Gasteiger partial charge in [0.25, 0.3) is 5.91 Å². The molecule has 5 heteroatoms. The van der Waals surface area contributed by atoms with Crippen molar-refractivity contribution in [3.05, 3.63) is 28.8 Å². The number of hydrogen-bond donors (Lipinski definition) is 2. The van der Waals surface area contributed by atoms with Gasteiger partial charge in [0, 0.05) is 19.3 Å². The zero-order chi connectivity index (χ0) is 13.2. The molecule has 0 aliphatic rings. The average molecular weight is 257 g/mol. The van der Waals surface area contributed by atoms with Gasteiger partial charge in [0.15, 0.2) is 0 Å². The fraction of sp³-hybridized carbons (Fsp3) is 0.417. The number of carbonyl (C=O) groups is 1. The highest BCUT2D eigenvalue weighted by Gasteiger charge is 2.21. The molecule has 0 aromatic heterocycles. The number of nitrogens with zero attached hydrogens (tertiary/aromatic N) is 1. The standard InChI is InChI=1S/C12H17ClN2O2/c1-12(2,17)7-15(3)11(16)9-5-4-8(14)6-10(9)13/h4-6,17H,7,14H2,1-3H3. The second-order valence-corrected chi connectivity index (χ2v) is 5.12. The summed E-state index contributed by atoms with van der Waals surface area (Å²) < 4.78 is 0. The van der Waals surface area contributed by atoms with Crippen molar-refractivity contribution in [3.63, 3.8) is 0 Å². The number of nitrogen functional groups attached to an aromatic ring is 1. The van der Waals surface area contributed by atoms with E-state index < -0.39 is 5.60 Å². The molecule has 4 nitrogen and oxygen atoms in total. The van der Waals surface area contributed by atoms with E-state index in [9.17, 15) is 9.90 Å². The zero-order valence-electron chi connectivity index (χ0n) is 10.2. The van der Waals surface area contributed by atoms with Crippen LogP contribution in [0, 0.1) is 0 Å². The molecule has 0 bridgehead atoms. The topological polar surface area (TPSA) is 66.6 Å². The number of benzene rings is 1. The second kappa shape index (κ2) is 4.94. The van der Waals surface area contributed by atoms with E-state index >= 15 is 0 Å². The predicted octanol–water partition coefficient (Wildman–Crippen LogP) is 1.77. The number of carbonyl (C=O) groups excluding carboxylic acids is 1. The molecule has 0 saturated carbocycles. The molecule has 0 heterocycles. The van der Waals surface area contributed by atoms with Crippen LogP contribution in [0.5, 0.6) is 0 Å². The van der Waals surface area contributed by atoms with Gasteiger partial charge in [-0.25, -0.2) is 0 Å². The largest absolute Gasteiger partial charge is 0.399 e. The summed E-state index contributed by atoms with van der Waals surface area (Å²) in [5, 5.41) is 9.97. The molecule has 1 aromatic rings. The van der Waals surface area contributed by atoms with Gasteiger partial charge in [-0.1, -0.05) is 11.6 Å². The molecule has 0 unspecified atom stereocenters. The third-order valence-corrected chi connectivity index (χ3v) is 2.51.